The van der Waals surface area contributed by atoms with Gasteiger partial charge in [-0.2, -0.15) is 9.57 Å². The number of amides is 1. The summed E-state index contributed by atoms with van der Waals surface area (Å²) >= 11 is 0. The first-order valence-electron chi connectivity index (χ1n) is 8.97. The molecule has 1 aliphatic rings. The fraction of sp³-hybridized carbons (Fsp3) is 0.579. The SMILES string of the molecule is CN(CC1CCCN(S(=O)(=O)c2cccc(C#N)c2)C1)C(=O)OC(C)(C)C. The second-order valence-electron chi connectivity index (χ2n) is 7.87. The molecular weight excluding hydrogens is 366 g/mol. The van der Waals surface area contributed by atoms with Crippen LogP contribution in [-0.4, -0.2) is 56.0 Å². The first kappa shape index (κ1) is 21.2. The van der Waals surface area contributed by atoms with Crippen LogP contribution in [0.15, 0.2) is 29.2 Å². The van der Waals surface area contributed by atoms with Gasteiger partial charge in [-0.15, -0.1) is 0 Å². The molecule has 1 unspecified atom stereocenters. The topological polar surface area (TPSA) is 90.7 Å². The van der Waals surface area contributed by atoms with Crippen LogP contribution in [0.4, 0.5) is 4.79 Å². The quantitative estimate of drug-likeness (QED) is 0.784. The van der Waals surface area contributed by atoms with E-state index in [1.807, 2.05) is 26.8 Å². The molecule has 1 amide bonds. The van der Waals surface area contributed by atoms with Crippen molar-refractivity contribution in [2.45, 2.75) is 44.1 Å². The summed E-state index contributed by atoms with van der Waals surface area (Å²) in [6.45, 7) is 6.63. The molecule has 148 valence electrons. The molecule has 0 aliphatic carbocycles. The van der Waals surface area contributed by atoms with E-state index in [1.165, 1.54) is 21.3 Å². The minimum atomic E-state index is -3.66. The molecule has 0 aromatic heterocycles. The van der Waals surface area contributed by atoms with Gasteiger partial charge in [-0.1, -0.05) is 6.07 Å². The van der Waals surface area contributed by atoms with Gasteiger partial charge in [0.05, 0.1) is 16.5 Å². The number of carbonyl (C=O) groups is 1. The lowest BCUT2D eigenvalue weighted by molar-refractivity contribution is 0.0258. The molecule has 0 bridgehead atoms. The molecule has 2 rings (SSSR count). The summed E-state index contributed by atoms with van der Waals surface area (Å²) in [5, 5.41) is 9.00. The summed E-state index contributed by atoms with van der Waals surface area (Å²) in [6, 6.07) is 8.02. The molecular formula is C19H27N3O4S. The Balaban J connectivity index is 2.06. The number of benzene rings is 1. The van der Waals surface area contributed by atoms with Crippen LogP contribution in [0.2, 0.25) is 0 Å². The van der Waals surface area contributed by atoms with E-state index in [2.05, 4.69) is 0 Å². The monoisotopic (exact) mass is 393 g/mol. The number of nitriles is 1. The Labute approximate surface area is 161 Å². The molecule has 27 heavy (non-hydrogen) atoms. The molecule has 0 N–H and O–H groups in total. The predicted octanol–water partition coefficient (Wildman–Crippen LogP) is 2.83. The lowest BCUT2D eigenvalue weighted by Crippen LogP contribution is -2.44. The number of sulfonamides is 1. The van der Waals surface area contributed by atoms with E-state index in [0.717, 1.165) is 12.8 Å². The van der Waals surface area contributed by atoms with Gasteiger partial charge in [-0.3, -0.25) is 0 Å². The van der Waals surface area contributed by atoms with E-state index in [9.17, 15) is 13.2 Å². The van der Waals surface area contributed by atoms with Crippen LogP contribution in [0.5, 0.6) is 0 Å². The van der Waals surface area contributed by atoms with Gasteiger partial charge >= 0.3 is 6.09 Å². The van der Waals surface area contributed by atoms with Crippen LogP contribution in [0, 0.1) is 17.2 Å². The molecule has 0 spiro atoms. The van der Waals surface area contributed by atoms with E-state index >= 15 is 0 Å². The Morgan fingerprint density at radius 2 is 2.11 bits per heavy atom. The van der Waals surface area contributed by atoms with Crippen molar-refractivity contribution in [1.82, 2.24) is 9.21 Å². The van der Waals surface area contributed by atoms with Crippen molar-refractivity contribution in [2.75, 3.05) is 26.7 Å². The fourth-order valence-electron chi connectivity index (χ4n) is 3.07. The van der Waals surface area contributed by atoms with Gasteiger partial charge in [0.15, 0.2) is 0 Å². The van der Waals surface area contributed by atoms with Crippen molar-refractivity contribution >= 4 is 16.1 Å². The minimum Gasteiger partial charge on any atom is -0.444 e. The van der Waals surface area contributed by atoms with Gasteiger partial charge in [0.25, 0.3) is 0 Å². The molecule has 1 heterocycles. The summed E-state index contributed by atoms with van der Waals surface area (Å²) in [7, 11) is -2.00. The summed E-state index contributed by atoms with van der Waals surface area (Å²) in [4.78, 5) is 13.8. The number of hydrogen-bond acceptors (Lipinski definition) is 5. The summed E-state index contributed by atoms with van der Waals surface area (Å²) in [6.07, 6.45) is 1.16. The van der Waals surface area contributed by atoms with Crippen molar-refractivity contribution in [3.8, 4) is 6.07 Å². The van der Waals surface area contributed by atoms with Crippen LogP contribution in [0.1, 0.15) is 39.2 Å². The zero-order valence-corrected chi connectivity index (χ0v) is 17.1. The van der Waals surface area contributed by atoms with E-state index in [4.69, 9.17) is 10.00 Å². The van der Waals surface area contributed by atoms with Crippen molar-refractivity contribution in [3.05, 3.63) is 29.8 Å². The van der Waals surface area contributed by atoms with Gasteiger partial charge in [-0.25, -0.2) is 13.2 Å². The third kappa shape index (κ3) is 5.68. The number of ether oxygens (including phenoxy) is 1. The molecule has 7 nitrogen and oxygen atoms in total. The van der Waals surface area contributed by atoms with E-state index in [1.54, 1.807) is 19.2 Å². The summed E-state index contributed by atoms with van der Waals surface area (Å²) < 4.78 is 32.6. The highest BCUT2D eigenvalue weighted by atomic mass is 32.2. The maximum atomic E-state index is 12.9. The van der Waals surface area contributed by atoms with Crippen molar-refractivity contribution < 1.29 is 17.9 Å². The van der Waals surface area contributed by atoms with Gasteiger partial charge in [0.1, 0.15) is 5.60 Å². The maximum Gasteiger partial charge on any atom is 0.410 e. The number of rotatable bonds is 4. The Bertz CT molecular complexity index is 824. The average molecular weight is 394 g/mol. The Morgan fingerprint density at radius 3 is 2.74 bits per heavy atom. The zero-order chi connectivity index (χ0) is 20.2. The van der Waals surface area contributed by atoms with Gasteiger partial charge in [0, 0.05) is 26.7 Å². The van der Waals surface area contributed by atoms with Crippen molar-refractivity contribution in [1.29, 1.82) is 5.26 Å². The Morgan fingerprint density at radius 1 is 1.41 bits per heavy atom. The Hall–Kier alpha value is -2.11. The largest absolute Gasteiger partial charge is 0.444 e. The molecule has 8 heteroatoms. The van der Waals surface area contributed by atoms with E-state index < -0.39 is 21.7 Å². The van der Waals surface area contributed by atoms with Gasteiger partial charge in [-0.05, 0) is 57.7 Å². The van der Waals surface area contributed by atoms with Gasteiger partial charge < -0.3 is 9.64 Å². The lowest BCUT2D eigenvalue weighted by atomic mass is 9.99. The Kier molecular flexibility index (Phi) is 6.50. The summed E-state index contributed by atoms with van der Waals surface area (Å²) in [5.74, 6) is 0.0326. The van der Waals surface area contributed by atoms with Crippen LogP contribution >= 0.6 is 0 Å². The molecule has 0 radical (unpaired) electrons. The first-order valence-corrected chi connectivity index (χ1v) is 10.4. The molecule has 1 saturated heterocycles. The number of carbonyl (C=O) groups excluding carboxylic acids is 1. The number of piperidine rings is 1. The van der Waals surface area contributed by atoms with E-state index in [-0.39, 0.29) is 10.8 Å². The predicted molar refractivity (Wildman–Crippen MR) is 102 cm³/mol. The third-order valence-electron chi connectivity index (χ3n) is 4.32. The highest BCUT2D eigenvalue weighted by molar-refractivity contribution is 7.89. The van der Waals surface area contributed by atoms with Crippen LogP contribution in [0.25, 0.3) is 0 Å². The maximum absolute atomic E-state index is 12.9. The van der Waals surface area contributed by atoms with Crippen molar-refractivity contribution in [2.24, 2.45) is 5.92 Å². The average Bonchev–Trinajstić information content (AvgIpc) is 2.60. The number of nitrogens with zero attached hydrogens (tertiary/aromatic N) is 3. The van der Waals surface area contributed by atoms with Crippen LogP contribution < -0.4 is 0 Å². The lowest BCUT2D eigenvalue weighted by Gasteiger charge is -2.34. The third-order valence-corrected chi connectivity index (χ3v) is 6.18. The molecule has 1 aliphatic heterocycles. The normalized spacial score (nSPS) is 18.6. The summed E-state index contributed by atoms with van der Waals surface area (Å²) in [5.41, 5.74) is -0.256. The molecule has 1 atom stereocenters. The first-order chi connectivity index (χ1) is 12.5. The molecule has 1 aromatic carbocycles. The molecule has 1 aromatic rings. The van der Waals surface area contributed by atoms with Crippen LogP contribution in [0.3, 0.4) is 0 Å². The van der Waals surface area contributed by atoms with E-state index in [0.29, 0.717) is 25.2 Å². The minimum absolute atomic E-state index is 0.0326. The standard InChI is InChI=1S/C19H27N3O4S/c1-19(2,3)26-18(23)21(4)13-16-8-6-10-22(14-16)27(24,25)17-9-5-7-15(11-17)12-20/h5,7,9,11,16H,6,8,10,13-14H2,1-4H3. The second-order valence-corrected chi connectivity index (χ2v) is 9.81. The molecule has 1 fully saturated rings. The number of hydrogen-bond donors (Lipinski definition) is 0. The molecule has 0 saturated carbocycles. The zero-order valence-electron chi connectivity index (χ0n) is 16.3. The highest BCUT2D eigenvalue weighted by Gasteiger charge is 2.32. The van der Waals surface area contributed by atoms with Crippen LogP contribution in [-0.2, 0) is 14.8 Å². The fourth-order valence-corrected chi connectivity index (χ4v) is 4.67. The van der Waals surface area contributed by atoms with Gasteiger partial charge in [0.2, 0.25) is 10.0 Å². The van der Waals surface area contributed by atoms with Crippen molar-refractivity contribution in [3.63, 3.8) is 0 Å². The smallest absolute Gasteiger partial charge is 0.410 e. The second kappa shape index (κ2) is 8.28. The highest BCUT2D eigenvalue weighted by Crippen LogP contribution is 2.25.